The van der Waals surface area contributed by atoms with Crippen molar-refractivity contribution in [3.63, 3.8) is 0 Å². The van der Waals surface area contributed by atoms with Crippen molar-refractivity contribution in [1.29, 1.82) is 5.26 Å². The minimum absolute atomic E-state index is 0.0177. The number of hydrogen-bond acceptors (Lipinski definition) is 4. The maximum Gasteiger partial charge on any atom is 0.248 e. The highest BCUT2D eigenvalue weighted by Crippen LogP contribution is 2.24. The molecule has 4 rings (SSSR count). The fourth-order valence-corrected chi connectivity index (χ4v) is 3.33. The van der Waals surface area contributed by atoms with Crippen LogP contribution in [-0.4, -0.2) is 22.3 Å². The average Bonchev–Trinajstić information content (AvgIpc) is 3.26. The lowest BCUT2D eigenvalue weighted by Gasteiger charge is -2.04. The summed E-state index contributed by atoms with van der Waals surface area (Å²) in [5.74, 6) is 0.318. The second kappa shape index (κ2) is 10.6. The molecule has 6 heteroatoms. The van der Waals surface area contributed by atoms with Crippen molar-refractivity contribution in [3.05, 3.63) is 108 Å². The fourth-order valence-electron chi connectivity index (χ4n) is 3.33. The number of nitrogens with one attached hydrogen (secondary N) is 1. The Bertz CT molecular complexity index is 1270. The minimum atomic E-state index is -0.254. The van der Waals surface area contributed by atoms with E-state index in [1.165, 1.54) is 6.08 Å². The van der Waals surface area contributed by atoms with Crippen LogP contribution in [0.2, 0.25) is 0 Å². The van der Waals surface area contributed by atoms with Crippen molar-refractivity contribution in [1.82, 2.24) is 9.78 Å². The Labute approximate surface area is 192 Å². The van der Waals surface area contributed by atoms with Gasteiger partial charge in [-0.1, -0.05) is 60.7 Å². The van der Waals surface area contributed by atoms with E-state index in [9.17, 15) is 4.79 Å². The molecule has 0 aliphatic rings. The lowest BCUT2D eigenvalue weighted by molar-refractivity contribution is -0.111. The number of aromatic nitrogens is 2. The molecule has 0 atom stereocenters. The lowest BCUT2D eigenvalue weighted by Crippen LogP contribution is -2.07. The molecule has 6 nitrogen and oxygen atoms in total. The van der Waals surface area contributed by atoms with Crippen LogP contribution in [0.4, 0.5) is 5.69 Å². The van der Waals surface area contributed by atoms with Crippen molar-refractivity contribution in [2.75, 3.05) is 11.9 Å². The molecule has 1 heterocycles. The van der Waals surface area contributed by atoms with Crippen molar-refractivity contribution in [2.45, 2.75) is 6.54 Å². The van der Waals surface area contributed by atoms with Crippen LogP contribution in [0, 0.1) is 11.3 Å². The molecule has 4 aromatic rings. The molecule has 0 fully saturated rings. The largest absolute Gasteiger partial charge is 0.479 e. The Hall–Kier alpha value is -4.63. The van der Waals surface area contributed by atoms with Crippen LogP contribution >= 0.6 is 0 Å². The van der Waals surface area contributed by atoms with Crippen LogP contribution < -0.4 is 10.1 Å². The van der Waals surface area contributed by atoms with Gasteiger partial charge in [0.15, 0.2) is 6.61 Å². The van der Waals surface area contributed by atoms with Gasteiger partial charge >= 0.3 is 0 Å². The highest BCUT2D eigenvalue weighted by atomic mass is 16.5. The maximum atomic E-state index is 12.5. The van der Waals surface area contributed by atoms with E-state index < -0.39 is 0 Å². The first-order valence-electron chi connectivity index (χ1n) is 10.5. The first-order valence-corrected chi connectivity index (χ1v) is 10.5. The average molecular weight is 434 g/mol. The summed E-state index contributed by atoms with van der Waals surface area (Å²) in [4.78, 5) is 12.5. The van der Waals surface area contributed by atoms with Gasteiger partial charge in [-0.15, -0.1) is 0 Å². The normalized spacial score (nSPS) is 10.6. The molecule has 162 valence electrons. The summed E-state index contributed by atoms with van der Waals surface area (Å²) in [6.07, 6.45) is 5.22. The molecule has 0 aliphatic carbocycles. The Morgan fingerprint density at radius 3 is 2.39 bits per heavy atom. The van der Waals surface area contributed by atoms with Gasteiger partial charge in [0.2, 0.25) is 5.91 Å². The van der Waals surface area contributed by atoms with Crippen LogP contribution in [0.1, 0.15) is 11.1 Å². The van der Waals surface area contributed by atoms with Crippen molar-refractivity contribution in [2.24, 2.45) is 0 Å². The van der Waals surface area contributed by atoms with Gasteiger partial charge < -0.3 is 10.1 Å². The van der Waals surface area contributed by atoms with Crippen LogP contribution in [0.25, 0.3) is 17.3 Å². The molecule has 0 spiro atoms. The summed E-state index contributed by atoms with van der Waals surface area (Å²) >= 11 is 0. The van der Waals surface area contributed by atoms with Crippen molar-refractivity contribution in [3.8, 4) is 23.1 Å². The second-order valence-electron chi connectivity index (χ2n) is 7.28. The van der Waals surface area contributed by atoms with E-state index in [-0.39, 0.29) is 12.5 Å². The van der Waals surface area contributed by atoms with Crippen LogP contribution in [0.3, 0.4) is 0 Å². The molecule has 0 saturated carbocycles. The molecule has 33 heavy (non-hydrogen) atoms. The van der Waals surface area contributed by atoms with Gasteiger partial charge in [0.05, 0.1) is 12.2 Å². The summed E-state index contributed by atoms with van der Waals surface area (Å²) < 4.78 is 7.11. The molecule has 0 saturated heterocycles. The van der Waals surface area contributed by atoms with Crippen LogP contribution in [-0.2, 0) is 11.3 Å². The molecule has 0 aliphatic heterocycles. The molecule has 0 unspecified atom stereocenters. The quantitative estimate of drug-likeness (QED) is 0.389. The number of nitriles is 1. The van der Waals surface area contributed by atoms with E-state index in [0.717, 1.165) is 22.4 Å². The molecule has 3 aromatic carbocycles. The number of carbonyl (C=O) groups excluding carboxylic acids is 1. The fraction of sp³-hybridized carbons (Fsp3) is 0.0741. The van der Waals surface area contributed by atoms with Gasteiger partial charge in [-0.2, -0.15) is 10.4 Å². The van der Waals surface area contributed by atoms with Crippen molar-refractivity contribution < 1.29 is 9.53 Å². The zero-order valence-corrected chi connectivity index (χ0v) is 17.9. The Morgan fingerprint density at radius 2 is 1.70 bits per heavy atom. The first kappa shape index (κ1) is 21.6. The number of anilines is 1. The van der Waals surface area contributed by atoms with E-state index in [0.29, 0.717) is 18.0 Å². The zero-order valence-electron chi connectivity index (χ0n) is 17.9. The van der Waals surface area contributed by atoms with Gasteiger partial charge in [0.25, 0.3) is 0 Å². The Kier molecular flexibility index (Phi) is 6.94. The molecule has 1 aromatic heterocycles. The van der Waals surface area contributed by atoms with Gasteiger partial charge in [0, 0.05) is 29.1 Å². The van der Waals surface area contributed by atoms with E-state index in [1.807, 2.05) is 65.5 Å². The summed E-state index contributed by atoms with van der Waals surface area (Å²) in [5, 5.41) is 16.2. The summed E-state index contributed by atoms with van der Waals surface area (Å²) in [6.45, 7) is 0.622. The Balaban J connectivity index is 1.51. The maximum absolute atomic E-state index is 12.5. The topological polar surface area (TPSA) is 79.9 Å². The minimum Gasteiger partial charge on any atom is -0.479 e. The summed E-state index contributed by atoms with van der Waals surface area (Å²) in [6, 6.07) is 28.8. The standard InChI is InChI=1S/C27H22N4O2/c28-17-18-33-25-14-12-24(13-15-25)29-26(32)16-11-23-20-31(19-21-7-3-1-4-8-21)30-27(23)22-9-5-2-6-10-22/h1-16,20H,18-19H2,(H,29,32)/b16-11+. The van der Waals surface area contributed by atoms with E-state index in [4.69, 9.17) is 15.1 Å². The third kappa shape index (κ3) is 5.96. The lowest BCUT2D eigenvalue weighted by atomic mass is 10.1. The molecular formula is C27H22N4O2. The number of hydrogen-bond donors (Lipinski definition) is 1. The third-order valence-corrected chi connectivity index (χ3v) is 4.86. The molecular weight excluding hydrogens is 412 g/mol. The highest BCUT2D eigenvalue weighted by Gasteiger charge is 2.10. The van der Waals surface area contributed by atoms with Crippen LogP contribution in [0.5, 0.6) is 5.75 Å². The monoisotopic (exact) mass is 434 g/mol. The molecule has 0 radical (unpaired) electrons. The SMILES string of the molecule is N#CCOc1ccc(NC(=O)/C=C/c2cn(Cc3ccccc3)nc2-c2ccccc2)cc1. The van der Waals surface area contributed by atoms with Gasteiger partial charge in [-0.25, -0.2) is 0 Å². The number of carbonyl (C=O) groups is 1. The van der Waals surface area contributed by atoms with E-state index >= 15 is 0 Å². The highest BCUT2D eigenvalue weighted by molar-refractivity contribution is 6.02. The number of rotatable bonds is 8. The first-order chi connectivity index (χ1) is 16.2. The predicted octanol–water partition coefficient (Wildman–Crippen LogP) is 5.15. The number of benzene rings is 3. The van der Waals surface area contributed by atoms with Crippen molar-refractivity contribution >= 4 is 17.7 Å². The molecule has 1 N–H and O–H groups in total. The molecule has 0 bridgehead atoms. The van der Waals surface area contributed by atoms with E-state index in [1.54, 1.807) is 30.3 Å². The summed E-state index contributed by atoms with van der Waals surface area (Å²) in [5.41, 5.74) is 4.44. The smallest absolute Gasteiger partial charge is 0.248 e. The summed E-state index contributed by atoms with van der Waals surface area (Å²) in [7, 11) is 0. The van der Waals surface area contributed by atoms with E-state index in [2.05, 4.69) is 17.4 Å². The van der Waals surface area contributed by atoms with Gasteiger partial charge in [0.1, 0.15) is 11.8 Å². The number of amides is 1. The molecule has 1 amide bonds. The third-order valence-electron chi connectivity index (χ3n) is 4.86. The Morgan fingerprint density at radius 1 is 1.00 bits per heavy atom. The van der Waals surface area contributed by atoms with Crippen LogP contribution in [0.15, 0.2) is 97.2 Å². The predicted molar refractivity (Wildman–Crippen MR) is 128 cm³/mol. The van der Waals surface area contributed by atoms with Gasteiger partial charge in [-0.05, 0) is 35.9 Å². The zero-order chi connectivity index (χ0) is 22.9. The second-order valence-corrected chi connectivity index (χ2v) is 7.28. The van der Waals surface area contributed by atoms with Gasteiger partial charge in [-0.3, -0.25) is 9.48 Å². The number of ether oxygens (including phenoxy) is 1. The number of nitrogens with zero attached hydrogens (tertiary/aromatic N) is 3.